The van der Waals surface area contributed by atoms with Gasteiger partial charge in [0.15, 0.2) is 5.75 Å². The summed E-state index contributed by atoms with van der Waals surface area (Å²) in [7, 11) is 3.68. The van der Waals surface area contributed by atoms with Gasteiger partial charge in [0.05, 0.1) is 19.0 Å². The molecule has 4 nitrogen and oxygen atoms in total. The molecule has 0 spiro atoms. The van der Waals surface area contributed by atoms with E-state index < -0.39 is 0 Å². The summed E-state index contributed by atoms with van der Waals surface area (Å²) in [5.41, 5.74) is 1.22. The highest BCUT2D eigenvalue weighted by Crippen LogP contribution is 2.30. The molecule has 0 aromatic carbocycles. The third-order valence-corrected chi connectivity index (χ3v) is 2.85. The number of nitrogens with zero attached hydrogens (tertiary/aromatic N) is 2. The minimum atomic E-state index is 0.547. The molecule has 0 amide bonds. The monoisotopic (exact) mass is 195 g/mol. The van der Waals surface area contributed by atoms with Crippen LogP contribution >= 0.6 is 0 Å². The first-order valence-electron chi connectivity index (χ1n) is 5.09. The molecule has 1 aliphatic heterocycles. The molecule has 0 bridgehead atoms. The second-order valence-corrected chi connectivity index (χ2v) is 3.77. The van der Waals surface area contributed by atoms with Gasteiger partial charge in [-0.3, -0.25) is 4.68 Å². The van der Waals surface area contributed by atoms with Gasteiger partial charge < -0.3 is 10.1 Å². The van der Waals surface area contributed by atoms with Crippen LogP contribution < -0.4 is 10.1 Å². The lowest BCUT2D eigenvalue weighted by atomic mass is 9.96. The van der Waals surface area contributed by atoms with Crippen LogP contribution in [0.1, 0.15) is 24.5 Å². The van der Waals surface area contributed by atoms with Crippen molar-refractivity contribution in [3.05, 3.63) is 11.9 Å². The quantitative estimate of drug-likeness (QED) is 0.762. The van der Waals surface area contributed by atoms with Gasteiger partial charge in [-0.1, -0.05) is 0 Å². The second-order valence-electron chi connectivity index (χ2n) is 3.77. The van der Waals surface area contributed by atoms with Crippen LogP contribution in [0.2, 0.25) is 0 Å². The van der Waals surface area contributed by atoms with Crippen LogP contribution in [-0.4, -0.2) is 30.0 Å². The first-order chi connectivity index (χ1) is 6.83. The van der Waals surface area contributed by atoms with Crippen LogP contribution in [0, 0.1) is 0 Å². The molecular formula is C10H17N3O. The van der Waals surface area contributed by atoms with Crippen LogP contribution in [0.5, 0.6) is 5.75 Å². The van der Waals surface area contributed by atoms with Gasteiger partial charge in [0, 0.05) is 19.5 Å². The summed E-state index contributed by atoms with van der Waals surface area (Å²) >= 11 is 0. The van der Waals surface area contributed by atoms with E-state index in [1.807, 2.05) is 11.7 Å². The van der Waals surface area contributed by atoms with Crippen molar-refractivity contribution in [1.82, 2.24) is 15.1 Å². The van der Waals surface area contributed by atoms with E-state index >= 15 is 0 Å². The summed E-state index contributed by atoms with van der Waals surface area (Å²) in [4.78, 5) is 0. The van der Waals surface area contributed by atoms with Crippen molar-refractivity contribution in [1.29, 1.82) is 0 Å². The Bertz CT molecular complexity index is 302. The molecule has 4 heteroatoms. The van der Waals surface area contributed by atoms with Gasteiger partial charge in [0.1, 0.15) is 0 Å². The molecule has 1 aromatic rings. The Morgan fingerprint density at radius 3 is 3.14 bits per heavy atom. The molecule has 1 atom stereocenters. The van der Waals surface area contributed by atoms with Crippen molar-refractivity contribution in [2.75, 3.05) is 20.2 Å². The summed E-state index contributed by atoms with van der Waals surface area (Å²) < 4.78 is 7.24. The number of methoxy groups -OCH3 is 1. The van der Waals surface area contributed by atoms with Crippen LogP contribution in [0.15, 0.2) is 6.20 Å². The van der Waals surface area contributed by atoms with Crippen LogP contribution in [0.4, 0.5) is 0 Å². The van der Waals surface area contributed by atoms with E-state index in [9.17, 15) is 0 Å². The van der Waals surface area contributed by atoms with Gasteiger partial charge in [-0.25, -0.2) is 0 Å². The maximum atomic E-state index is 5.31. The maximum Gasteiger partial charge on any atom is 0.160 e. The molecule has 0 radical (unpaired) electrons. The molecule has 1 saturated heterocycles. The predicted octanol–water partition coefficient (Wildman–Crippen LogP) is 0.896. The number of aryl methyl sites for hydroxylation is 1. The number of hydrogen-bond acceptors (Lipinski definition) is 3. The Hall–Kier alpha value is -1.03. The Kier molecular flexibility index (Phi) is 2.72. The van der Waals surface area contributed by atoms with E-state index in [1.165, 1.54) is 18.5 Å². The van der Waals surface area contributed by atoms with Crippen molar-refractivity contribution in [2.45, 2.75) is 18.8 Å². The van der Waals surface area contributed by atoms with E-state index in [2.05, 4.69) is 10.4 Å². The molecule has 1 unspecified atom stereocenters. The topological polar surface area (TPSA) is 39.1 Å². The number of nitrogens with one attached hydrogen (secondary N) is 1. The molecule has 1 aromatic heterocycles. The average Bonchev–Trinajstić information content (AvgIpc) is 2.61. The highest BCUT2D eigenvalue weighted by atomic mass is 16.5. The minimum absolute atomic E-state index is 0.547. The van der Waals surface area contributed by atoms with E-state index in [1.54, 1.807) is 13.3 Å². The van der Waals surface area contributed by atoms with Crippen LogP contribution in [-0.2, 0) is 7.05 Å². The molecule has 1 aliphatic rings. The lowest BCUT2D eigenvalue weighted by Gasteiger charge is -2.23. The third-order valence-electron chi connectivity index (χ3n) is 2.85. The Balaban J connectivity index is 2.23. The molecule has 0 aliphatic carbocycles. The summed E-state index contributed by atoms with van der Waals surface area (Å²) in [6, 6.07) is 0. The average molecular weight is 195 g/mol. The number of ether oxygens (including phenoxy) is 1. The van der Waals surface area contributed by atoms with Crippen molar-refractivity contribution >= 4 is 0 Å². The van der Waals surface area contributed by atoms with Crippen LogP contribution in [0.3, 0.4) is 0 Å². The Morgan fingerprint density at radius 1 is 1.64 bits per heavy atom. The third kappa shape index (κ3) is 1.62. The minimum Gasteiger partial charge on any atom is -0.493 e. The summed E-state index contributed by atoms with van der Waals surface area (Å²) in [6.45, 7) is 2.17. The van der Waals surface area contributed by atoms with Crippen molar-refractivity contribution < 1.29 is 4.74 Å². The number of hydrogen-bond donors (Lipinski definition) is 1. The zero-order valence-corrected chi connectivity index (χ0v) is 8.79. The van der Waals surface area contributed by atoms with E-state index in [0.29, 0.717) is 5.92 Å². The number of aromatic nitrogens is 2. The molecular weight excluding hydrogens is 178 g/mol. The number of piperidine rings is 1. The van der Waals surface area contributed by atoms with Gasteiger partial charge in [-0.15, -0.1) is 0 Å². The van der Waals surface area contributed by atoms with Gasteiger partial charge in [-0.05, 0) is 19.4 Å². The molecule has 14 heavy (non-hydrogen) atoms. The highest BCUT2D eigenvalue weighted by Gasteiger charge is 2.22. The zero-order valence-electron chi connectivity index (χ0n) is 8.79. The predicted molar refractivity (Wildman–Crippen MR) is 54.6 cm³/mol. The van der Waals surface area contributed by atoms with E-state index in [4.69, 9.17) is 4.74 Å². The normalized spacial score (nSPS) is 22.3. The SMILES string of the molecule is COc1cnn(C)c1C1CCCNC1. The molecule has 78 valence electrons. The summed E-state index contributed by atoms with van der Waals surface area (Å²) in [6.07, 6.45) is 4.26. The van der Waals surface area contributed by atoms with E-state index in [-0.39, 0.29) is 0 Å². The smallest absolute Gasteiger partial charge is 0.160 e. The molecule has 2 rings (SSSR count). The summed E-state index contributed by atoms with van der Waals surface area (Å²) in [5.74, 6) is 1.47. The van der Waals surface area contributed by atoms with Gasteiger partial charge in [0.2, 0.25) is 0 Å². The zero-order chi connectivity index (χ0) is 9.97. The fraction of sp³-hybridized carbons (Fsp3) is 0.700. The Morgan fingerprint density at radius 2 is 2.50 bits per heavy atom. The number of rotatable bonds is 2. The van der Waals surface area contributed by atoms with Gasteiger partial charge in [0.25, 0.3) is 0 Å². The second kappa shape index (κ2) is 4.00. The molecule has 1 fully saturated rings. The maximum absolute atomic E-state index is 5.31. The fourth-order valence-electron chi connectivity index (χ4n) is 2.13. The van der Waals surface area contributed by atoms with Crippen molar-refractivity contribution in [3.63, 3.8) is 0 Å². The molecule has 2 heterocycles. The van der Waals surface area contributed by atoms with Crippen molar-refractivity contribution in [3.8, 4) is 5.75 Å². The highest BCUT2D eigenvalue weighted by molar-refractivity contribution is 5.29. The Labute approximate surface area is 84.3 Å². The molecule has 1 N–H and O–H groups in total. The summed E-state index contributed by atoms with van der Waals surface area (Å²) in [5, 5.41) is 7.63. The van der Waals surface area contributed by atoms with Gasteiger partial charge in [-0.2, -0.15) is 5.10 Å². The molecule has 0 saturated carbocycles. The largest absolute Gasteiger partial charge is 0.493 e. The fourth-order valence-corrected chi connectivity index (χ4v) is 2.13. The first-order valence-corrected chi connectivity index (χ1v) is 5.09. The lowest BCUT2D eigenvalue weighted by Crippen LogP contribution is -2.29. The first kappa shape index (κ1) is 9.52. The van der Waals surface area contributed by atoms with Gasteiger partial charge >= 0.3 is 0 Å². The van der Waals surface area contributed by atoms with Crippen LogP contribution in [0.25, 0.3) is 0 Å². The standard InChI is InChI=1S/C10H17N3O/c1-13-10(9(14-2)7-12-13)8-4-3-5-11-6-8/h7-8,11H,3-6H2,1-2H3. The lowest BCUT2D eigenvalue weighted by molar-refractivity contribution is 0.385. The van der Waals surface area contributed by atoms with Crippen molar-refractivity contribution in [2.24, 2.45) is 7.05 Å². The van der Waals surface area contributed by atoms with E-state index in [0.717, 1.165) is 18.8 Å².